The lowest BCUT2D eigenvalue weighted by molar-refractivity contribution is -0.116. The molecule has 4 heteroatoms. The Morgan fingerprint density at radius 1 is 1.35 bits per heavy atom. The standard InChI is InChI=1S/C16H20BrNO2/c1-3-4-7-15(20)13-9-12-6-5-8-18(11(2)19)16(12)14(17)10-13/h9-10H,3-8H2,1-2H3. The average molecular weight is 338 g/mol. The largest absolute Gasteiger partial charge is 0.311 e. The van der Waals surface area contributed by atoms with E-state index in [-0.39, 0.29) is 11.7 Å². The number of hydrogen-bond donors (Lipinski definition) is 0. The number of aryl methyl sites for hydroxylation is 1. The van der Waals surface area contributed by atoms with E-state index in [9.17, 15) is 9.59 Å². The number of Topliss-reactive ketones (excluding diaryl/α,β-unsaturated/α-hetero) is 1. The molecule has 1 heterocycles. The molecule has 0 atom stereocenters. The Morgan fingerprint density at radius 3 is 2.75 bits per heavy atom. The molecule has 0 saturated heterocycles. The zero-order valence-corrected chi connectivity index (χ0v) is 13.6. The second-order valence-corrected chi connectivity index (χ2v) is 6.12. The van der Waals surface area contributed by atoms with Crippen molar-refractivity contribution < 1.29 is 9.59 Å². The topological polar surface area (TPSA) is 37.4 Å². The van der Waals surface area contributed by atoms with E-state index in [1.165, 1.54) is 0 Å². The van der Waals surface area contributed by atoms with Crippen LogP contribution in [0.5, 0.6) is 0 Å². The number of rotatable bonds is 4. The number of ketones is 1. The summed E-state index contributed by atoms with van der Waals surface area (Å²) in [6.07, 6.45) is 4.42. The fraction of sp³-hybridized carbons (Fsp3) is 0.500. The summed E-state index contributed by atoms with van der Waals surface area (Å²) in [5.74, 6) is 0.243. The first kappa shape index (κ1) is 15.2. The Balaban J connectivity index is 2.35. The summed E-state index contributed by atoms with van der Waals surface area (Å²) in [5, 5.41) is 0. The molecular weight excluding hydrogens is 318 g/mol. The van der Waals surface area contributed by atoms with Crippen molar-refractivity contribution >= 4 is 33.3 Å². The van der Waals surface area contributed by atoms with Crippen LogP contribution in [0.3, 0.4) is 0 Å². The molecule has 20 heavy (non-hydrogen) atoms. The van der Waals surface area contributed by atoms with Gasteiger partial charge in [-0.05, 0) is 52.9 Å². The van der Waals surface area contributed by atoms with E-state index in [1.807, 2.05) is 12.1 Å². The van der Waals surface area contributed by atoms with Gasteiger partial charge in [0.2, 0.25) is 5.91 Å². The molecule has 108 valence electrons. The first-order valence-corrected chi connectivity index (χ1v) is 7.97. The molecule has 1 aromatic rings. The minimum atomic E-state index is 0.0525. The number of unbranched alkanes of at least 4 members (excludes halogenated alkanes) is 1. The van der Waals surface area contributed by atoms with Gasteiger partial charge in [0.25, 0.3) is 0 Å². The maximum absolute atomic E-state index is 12.2. The summed E-state index contributed by atoms with van der Waals surface area (Å²) in [6.45, 7) is 4.42. The second kappa shape index (κ2) is 6.53. The van der Waals surface area contributed by atoms with Crippen molar-refractivity contribution in [2.75, 3.05) is 11.4 Å². The van der Waals surface area contributed by atoms with Gasteiger partial charge in [-0.2, -0.15) is 0 Å². The number of carbonyl (C=O) groups is 2. The number of fused-ring (bicyclic) bond motifs is 1. The lowest BCUT2D eigenvalue weighted by Gasteiger charge is -2.30. The molecule has 0 fully saturated rings. The van der Waals surface area contributed by atoms with Crippen LogP contribution in [0.1, 0.15) is 55.5 Å². The maximum Gasteiger partial charge on any atom is 0.223 e. The summed E-state index contributed by atoms with van der Waals surface area (Å²) in [5.41, 5.74) is 2.80. The van der Waals surface area contributed by atoms with Crippen molar-refractivity contribution in [1.82, 2.24) is 0 Å². The van der Waals surface area contributed by atoms with Gasteiger partial charge in [-0.25, -0.2) is 0 Å². The molecule has 0 unspecified atom stereocenters. The smallest absolute Gasteiger partial charge is 0.223 e. The number of anilines is 1. The molecule has 1 aliphatic heterocycles. The summed E-state index contributed by atoms with van der Waals surface area (Å²) >= 11 is 3.53. The van der Waals surface area contributed by atoms with Gasteiger partial charge in [-0.15, -0.1) is 0 Å². The third-order valence-electron chi connectivity index (χ3n) is 3.70. The third-order valence-corrected chi connectivity index (χ3v) is 4.30. The van der Waals surface area contributed by atoms with E-state index < -0.39 is 0 Å². The van der Waals surface area contributed by atoms with Crippen molar-refractivity contribution in [1.29, 1.82) is 0 Å². The maximum atomic E-state index is 12.2. The Hall–Kier alpha value is -1.16. The summed E-state index contributed by atoms with van der Waals surface area (Å²) in [6, 6.07) is 3.82. The highest BCUT2D eigenvalue weighted by Gasteiger charge is 2.24. The Labute approximate surface area is 128 Å². The molecular formula is C16H20BrNO2. The fourth-order valence-electron chi connectivity index (χ4n) is 2.65. The van der Waals surface area contributed by atoms with E-state index in [1.54, 1.807) is 11.8 Å². The highest BCUT2D eigenvalue weighted by molar-refractivity contribution is 9.10. The van der Waals surface area contributed by atoms with Crippen molar-refractivity contribution in [2.45, 2.75) is 46.0 Å². The van der Waals surface area contributed by atoms with Gasteiger partial charge in [0.1, 0.15) is 0 Å². The molecule has 3 nitrogen and oxygen atoms in total. The van der Waals surface area contributed by atoms with Crippen LogP contribution in [-0.2, 0) is 11.2 Å². The van der Waals surface area contributed by atoms with Crippen LogP contribution in [0.15, 0.2) is 16.6 Å². The quantitative estimate of drug-likeness (QED) is 0.775. The number of carbonyl (C=O) groups excluding carboxylic acids is 2. The van der Waals surface area contributed by atoms with Crippen molar-refractivity contribution in [3.63, 3.8) is 0 Å². The monoisotopic (exact) mass is 337 g/mol. The first-order chi connectivity index (χ1) is 9.54. The number of halogens is 1. The first-order valence-electron chi connectivity index (χ1n) is 7.18. The molecule has 0 spiro atoms. The van der Waals surface area contributed by atoms with E-state index in [0.29, 0.717) is 6.42 Å². The van der Waals surface area contributed by atoms with Gasteiger partial charge in [0.05, 0.1) is 5.69 Å². The molecule has 0 N–H and O–H groups in total. The third kappa shape index (κ3) is 3.11. The molecule has 0 saturated carbocycles. The van der Waals surface area contributed by atoms with Crippen LogP contribution >= 0.6 is 15.9 Å². The van der Waals surface area contributed by atoms with Crippen LogP contribution in [0, 0.1) is 0 Å². The minimum absolute atomic E-state index is 0.0525. The number of amides is 1. The highest BCUT2D eigenvalue weighted by atomic mass is 79.9. The van der Waals surface area contributed by atoms with Gasteiger partial charge >= 0.3 is 0 Å². The molecule has 0 radical (unpaired) electrons. The lowest BCUT2D eigenvalue weighted by atomic mass is 9.96. The molecule has 0 aliphatic carbocycles. The van der Waals surface area contributed by atoms with Crippen LogP contribution < -0.4 is 4.90 Å². The molecule has 1 aromatic carbocycles. The van der Waals surface area contributed by atoms with Crippen LogP contribution in [0.2, 0.25) is 0 Å². The zero-order chi connectivity index (χ0) is 14.7. The summed E-state index contributed by atoms with van der Waals surface area (Å²) in [4.78, 5) is 25.7. The van der Waals surface area contributed by atoms with Gasteiger partial charge in [0.15, 0.2) is 5.78 Å². The lowest BCUT2D eigenvalue weighted by Crippen LogP contribution is -2.34. The minimum Gasteiger partial charge on any atom is -0.311 e. The number of nitrogens with zero attached hydrogens (tertiary/aromatic N) is 1. The highest BCUT2D eigenvalue weighted by Crippen LogP contribution is 2.36. The van der Waals surface area contributed by atoms with Gasteiger partial charge < -0.3 is 4.90 Å². The van der Waals surface area contributed by atoms with Crippen LogP contribution in [0.4, 0.5) is 5.69 Å². The molecule has 1 amide bonds. The fourth-order valence-corrected chi connectivity index (χ4v) is 3.36. The Bertz CT molecular complexity index is 540. The van der Waals surface area contributed by atoms with E-state index in [0.717, 1.165) is 53.5 Å². The molecule has 0 aromatic heterocycles. The average Bonchev–Trinajstić information content (AvgIpc) is 2.43. The zero-order valence-electron chi connectivity index (χ0n) is 12.0. The van der Waals surface area contributed by atoms with Crippen molar-refractivity contribution in [3.8, 4) is 0 Å². The SMILES string of the molecule is CCCCC(=O)c1cc(Br)c2c(c1)CCCN2C(C)=O. The van der Waals surface area contributed by atoms with E-state index in [2.05, 4.69) is 22.9 Å². The van der Waals surface area contributed by atoms with Crippen molar-refractivity contribution in [3.05, 3.63) is 27.7 Å². The number of benzene rings is 1. The molecule has 1 aliphatic rings. The summed E-state index contributed by atoms with van der Waals surface area (Å²) in [7, 11) is 0. The van der Waals surface area contributed by atoms with E-state index >= 15 is 0 Å². The molecule has 2 rings (SSSR count). The van der Waals surface area contributed by atoms with Gasteiger partial charge in [-0.1, -0.05) is 13.3 Å². The Kier molecular flexibility index (Phi) is 4.97. The van der Waals surface area contributed by atoms with Gasteiger partial charge in [0, 0.05) is 29.9 Å². The second-order valence-electron chi connectivity index (χ2n) is 5.27. The van der Waals surface area contributed by atoms with Crippen molar-refractivity contribution in [2.24, 2.45) is 0 Å². The number of hydrogen-bond acceptors (Lipinski definition) is 2. The Morgan fingerprint density at radius 2 is 2.10 bits per heavy atom. The van der Waals surface area contributed by atoms with E-state index in [4.69, 9.17) is 0 Å². The predicted octanol–water partition coefficient (Wildman–Crippen LogP) is 4.12. The summed E-state index contributed by atoms with van der Waals surface area (Å²) < 4.78 is 0.852. The normalized spacial score (nSPS) is 14.1. The van der Waals surface area contributed by atoms with Crippen LogP contribution in [0.25, 0.3) is 0 Å². The predicted molar refractivity (Wildman–Crippen MR) is 84.3 cm³/mol. The van der Waals surface area contributed by atoms with Gasteiger partial charge in [-0.3, -0.25) is 9.59 Å². The molecule has 0 bridgehead atoms. The van der Waals surface area contributed by atoms with Crippen LogP contribution in [-0.4, -0.2) is 18.2 Å².